The first-order valence-corrected chi connectivity index (χ1v) is 9.29. The van der Waals surface area contributed by atoms with Gasteiger partial charge in [-0.3, -0.25) is 4.79 Å². The molecule has 0 spiro atoms. The van der Waals surface area contributed by atoms with Crippen molar-refractivity contribution < 1.29 is 14.1 Å². The summed E-state index contributed by atoms with van der Waals surface area (Å²) in [6.45, 7) is 2.84. The number of aromatic nitrogens is 2. The van der Waals surface area contributed by atoms with Crippen LogP contribution in [-0.2, 0) is 11.3 Å². The maximum atomic E-state index is 12.2. The van der Waals surface area contributed by atoms with Crippen molar-refractivity contribution in [1.82, 2.24) is 15.0 Å². The van der Waals surface area contributed by atoms with E-state index in [0.717, 1.165) is 10.6 Å². The standard InChI is InChI=1S/C19H21N3O3S/c1-14-7-9-15(10-8-14)24-11-3-6-18(23)22(2)13-17-20-19(21-25-17)16-5-4-12-26-16/h4-5,7-10,12H,3,6,11,13H2,1-2H3. The molecule has 0 unspecified atom stereocenters. The first-order chi connectivity index (χ1) is 12.6. The van der Waals surface area contributed by atoms with Gasteiger partial charge in [0, 0.05) is 13.5 Å². The molecule has 0 fully saturated rings. The molecule has 0 N–H and O–H groups in total. The second-order valence-corrected chi connectivity index (χ2v) is 6.95. The van der Waals surface area contributed by atoms with Crippen LogP contribution in [0.5, 0.6) is 5.75 Å². The van der Waals surface area contributed by atoms with E-state index in [2.05, 4.69) is 10.1 Å². The van der Waals surface area contributed by atoms with E-state index in [4.69, 9.17) is 9.26 Å². The van der Waals surface area contributed by atoms with E-state index in [1.165, 1.54) is 5.56 Å². The fourth-order valence-electron chi connectivity index (χ4n) is 2.35. The zero-order valence-corrected chi connectivity index (χ0v) is 15.7. The topological polar surface area (TPSA) is 68.5 Å². The van der Waals surface area contributed by atoms with Crippen LogP contribution in [0.25, 0.3) is 10.7 Å². The van der Waals surface area contributed by atoms with Crippen molar-refractivity contribution >= 4 is 17.2 Å². The molecule has 0 aliphatic rings. The Hall–Kier alpha value is -2.67. The molecule has 0 radical (unpaired) electrons. The summed E-state index contributed by atoms with van der Waals surface area (Å²) < 4.78 is 10.9. The van der Waals surface area contributed by atoms with Crippen LogP contribution in [0.2, 0.25) is 0 Å². The van der Waals surface area contributed by atoms with Crippen molar-refractivity contribution in [3.8, 4) is 16.5 Å². The van der Waals surface area contributed by atoms with Gasteiger partial charge in [0.05, 0.1) is 18.0 Å². The van der Waals surface area contributed by atoms with E-state index in [9.17, 15) is 4.79 Å². The molecule has 3 aromatic rings. The smallest absolute Gasteiger partial charge is 0.246 e. The lowest BCUT2D eigenvalue weighted by molar-refractivity contribution is -0.131. The minimum absolute atomic E-state index is 0.0216. The number of carbonyl (C=O) groups is 1. The Bertz CT molecular complexity index is 828. The van der Waals surface area contributed by atoms with E-state index < -0.39 is 0 Å². The fraction of sp³-hybridized carbons (Fsp3) is 0.316. The Morgan fingerprint density at radius 1 is 1.27 bits per heavy atom. The lowest BCUT2D eigenvalue weighted by Gasteiger charge is -2.14. The number of aryl methyl sites for hydroxylation is 1. The third-order valence-electron chi connectivity index (χ3n) is 3.83. The highest BCUT2D eigenvalue weighted by atomic mass is 32.1. The van der Waals surface area contributed by atoms with Crippen molar-refractivity contribution in [2.75, 3.05) is 13.7 Å². The summed E-state index contributed by atoms with van der Waals surface area (Å²) in [5.41, 5.74) is 1.19. The van der Waals surface area contributed by atoms with Crippen LogP contribution >= 0.6 is 11.3 Å². The Labute approximate surface area is 156 Å². The minimum Gasteiger partial charge on any atom is -0.494 e. The maximum absolute atomic E-state index is 12.2. The predicted octanol–water partition coefficient (Wildman–Crippen LogP) is 3.92. The second kappa shape index (κ2) is 8.62. The summed E-state index contributed by atoms with van der Waals surface area (Å²) in [7, 11) is 1.73. The average Bonchev–Trinajstić information content (AvgIpc) is 3.31. The van der Waals surface area contributed by atoms with Crippen LogP contribution in [0.4, 0.5) is 0 Å². The quantitative estimate of drug-likeness (QED) is 0.561. The molecular formula is C19H21N3O3S. The van der Waals surface area contributed by atoms with Crippen molar-refractivity contribution in [3.05, 3.63) is 53.2 Å². The minimum atomic E-state index is 0.0216. The molecule has 136 valence electrons. The largest absolute Gasteiger partial charge is 0.494 e. The number of hydrogen-bond donors (Lipinski definition) is 0. The van der Waals surface area contributed by atoms with Gasteiger partial charge < -0.3 is 14.2 Å². The van der Waals surface area contributed by atoms with Gasteiger partial charge in [0.25, 0.3) is 0 Å². The van der Waals surface area contributed by atoms with E-state index in [0.29, 0.717) is 37.7 Å². The Morgan fingerprint density at radius 3 is 2.81 bits per heavy atom. The molecule has 7 heteroatoms. The molecule has 26 heavy (non-hydrogen) atoms. The molecule has 3 rings (SSSR count). The molecule has 1 aromatic carbocycles. The van der Waals surface area contributed by atoms with Gasteiger partial charge >= 0.3 is 0 Å². The highest BCUT2D eigenvalue weighted by Crippen LogP contribution is 2.21. The van der Waals surface area contributed by atoms with Gasteiger partial charge in [-0.25, -0.2) is 0 Å². The summed E-state index contributed by atoms with van der Waals surface area (Å²) in [5, 5.41) is 5.91. The number of amides is 1. The van der Waals surface area contributed by atoms with Crippen LogP contribution in [0, 0.1) is 6.92 Å². The van der Waals surface area contributed by atoms with Gasteiger partial charge in [0.2, 0.25) is 17.6 Å². The third-order valence-corrected chi connectivity index (χ3v) is 4.70. The zero-order valence-electron chi connectivity index (χ0n) is 14.8. The van der Waals surface area contributed by atoms with E-state index in [1.54, 1.807) is 23.3 Å². The number of hydrogen-bond acceptors (Lipinski definition) is 6. The first kappa shape index (κ1) is 18.1. The van der Waals surface area contributed by atoms with Crippen LogP contribution in [0.1, 0.15) is 24.3 Å². The normalized spacial score (nSPS) is 10.7. The van der Waals surface area contributed by atoms with Gasteiger partial charge in [-0.2, -0.15) is 4.98 Å². The van der Waals surface area contributed by atoms with Crippen molar-refractivity contribution in [2.24, 2.45) is 0 Å². The predicted molar refractivity (Wildman–Crippen MR) is 100.0 cm³/mol. The average molecular weight is 371 g/mol. The van der Waals surface area contributed by atoms with Crippen LogP contribution < -0.4 is 4.74 Å². The zero-order chi connectivity index (χ0) is 18.4. The monoisotopic (exact) mass is 371 g/mol. The summed E-state index contributed by atoms with van der Waals surface area (Å²) in [4.78, 5) is 19.1. The van der Waals surface area contributed by atoms with E-state index in [1.807, 2.05) is 48.7 Å². The highest BCUT2D eigenvalue weighted by Gasteiger charge is 2.15. The fourth-order valence-corrected chi connectivity index (χ4v) is 3.00. The summed E-state index contributed by atoms with van der Waals surface area (Å²) in [6, 6.07) is 11.7. The SMILES string of the molecule is Cc1ccc(OCCCC(=O)N(C)Cc2nc(-c3cccs3)no2)cc1. The molecule has 2 heterocycles. The lowest BCUT2D eigenvalue weighted by atomic mass is 10.2. The molecule has 0 bridgehead atoms. The lowest BCUT2D eigenvalue weighted by Crippen LogP contribution is -2.26. The van der Waals surface area contributed by atoms with Gasteiger partial charge in [-0.1, -0.05) is 28.9 Å². The van der Waals surface area contributed by atoms with E-state index >= 15 is 0 Å². The molecule has 1 amide bonds. The molecule has 2 aromatic heterocycles. The first-order valence-electron chi connectivity index (χ1n) is 8.42. The van der Waals surface area contributed by atoms with Gasteiger partial charge in [0.15, 0.2) is 0 Å². The maximum Gasteiger partial charge on any atom is 0.246 e. The molecule has 0 saturated heterocycles. The van der Waals surface area contributed by atoms with Crippen LogP contribution in [0.15, 0.2) is 46.3 Å². The molecule has 6 nitrogen and oxygen atoms in total. The number of ether oxygens (including phenoxy) is 1. The Balaban J connectivity index is 1.41. The number of rotatable bonds is 8. The van der Waals surface area contributed by atoms with Crippen molar-refractivity contribution in [1.29, 1.82) is 0 Å². The number of thiophene rings is 1. The second-order valence-electron chi connectivity index (χ2n) is 6.00. The third kappa shape index (κ3) is 4.92. The van der Waals surface area contributed by atoms with Gasteiger partial charge in [-0.15, -0.1) is 11.3 Å². The summed E-state index contributed by atoms with van der Waals surface area (Å²) in [5.74, 6) is 1.83. The van der Waals surface area contributed by atoms with Gasteiger partial charge in [0.1, 0.15) is 5.75 Å². The molecule has 0 saturated carbocycles. The Morgan fingerprint density at radius 2 is 2.08 bits per heavy atom. The molecule has 0 atom stereocenters. The van der Waals surface area contributed by atoms with Crippen molar-refractivity contribution in [2.45, 2.75) is 26.3 Å². The number of benzene rings is 1. The van der Waals surface area contributed by atoms with E-state index in [-0.39, 0.29) is 5.91 Å². The Kier molecular flexibility index (Phi) is 6.01. The number of carbonyl (C=O) groups excluding carboxylic acids is 1. The van der Waals surface area contributed by atoms with Crippen molar-refractivity contribution in [3.63, 3.8) is 0 Å². The summed E-state index contributed by atoms with van der Waals surface area (Å²) in [6.07, 6.45) is 1.07. The van der Waals surface area contributed by atoms with Gasteiger partial charge in [-0.05, 0) is 36.9 Å². The number of nitrogens with zero attached hydrogens (tertiary/aromatic N) is 3. The highest BCUT2D eigenvalue weighted by molar-refractivity contribution is 7.13. The molecular weight excluding hydrogens is 350 g/mol. The molecule has 0 aliphatic carbocycles. The van der Waals surface area contributed by atoms with Crippen LogP contribution in [-0.4, -0.2) is 34.6 Å². The molecule has 0 aliphatic heterocycles. The van der Waals surface area contributed by atoms with Crippen LogP contribution in [0.3, 0.4) is 0 Å². The summed E-state index contributed by atoms with van der Waals surface area (Å²) >= 11 is 1.55.